The van der Waals surface area contributed by atoms with Crippen molar-refractivity contribution < 1.29 is 4.74 Å². The van der Waals surface area contributed by atoms with Crippen LogP contribution in [0.2, 0.25) is 0 Å². The van der Waals surface area contributed by atoms with Crippen molar-refractivity contribution in [1.29, 1.82) is 0 Å². The lowest BCUT2D eigenvalue weighted by Gasteiger charge is -2.17. The van der Waals surface area contributed by atoms with Crippen LogP contribution in [0.4, 0.5) is 0 Å². The summed E-state index contributed by atoms with van der Waals surface area (Å²) in [7, 11) is 0. The second kappa shape index (κ2) is 5.65. The van der Waals surface area contributed by atoms with Gasteiger partial charge in [0.1, 0.15) is 0 Å². The first-order chi connectivity index (χ1) is 8.13. The van der Waals surface area contributed by atoms with Crippen molar-refractivity contribution >= 4 is 0 Å². The zero-order valence-corrected chi connectivity index (χ0v) is 10.9. The van der Waals surface area contributed by atoms with Gasteiger partial charge in [-0.3, -0.25) is 0 Å². The van der Waals surface area contributed by atoms with E-state index in [-0.39, 0.29) is 6.04 Å². The maximum absolute atomic E-state index is 6.19. The molecule has 1 aliphatic rings. The molecule has 2 nitrogen and oxygen atoms in total. The maximum atomic E-state index is 6.19. The van der Waals surface area contributed by atoms with Gasteiger partial charge in [-0.25, -0.2) is 0 Å². The summed E-state index contributed by atoms with van der Waals surface area (Å²) in [6.07, 6.45) is 5.09. The Bertz CT molecular complexity index is 346. The molecule has 0 aromatic heterocycles. The van der Waals surface area contributed by atoms with E-state index in [0.717, 1.165) is 12.8 Å². The molecular weight excluding hydrogens is 210 g/mol. The molecule has 0 spiro atoms. The summed E-state index contributed by atoms with van der Waals surface area (Å²) in [6, 6.07) is 8.86. The smallest absolute Gasteiger partial charge is 0.0594 e. The molecule has 1 fully saturated rings. The van der Waals surface area contributed by atoms with Crippen molar-refractivity contribution in [1.82, 2.24) is 0 Å². The van der Waals surface area contributed by atoms with Crippen LogP contribution in [0.3, 0.4) is 0 Å². The fourth-order valence-corrected chi connectivity index (χ4v) is 2.51. The van der Waals surface area contributed by atoms with Gasteiger partial charge in [-0.05, 0) is 45.1 Å². The fourth-order valence-electron chi connectivity index (χ4n) is 2.51. The van der Waals surface area contributed by atoms with Crippen LogP contribution >= 0.6 is 0 Å². The molecule has 0 saturated carbocycles. The highest BCUT2D eigenvalue weighted by atomic mass is 16.5. The third-order valence-corrected chi connectivity index (χ3v) is 3.50. The highest BCUT2D eigenvalue weighted by molar-refractivity contribution is 5.22. The van der Waals surface area contributed by atoms with E-state index in [2.05, 4.69) is 38.1 Å². The first-order valence-corrected chi connectivity index (χ1v) is 6.60. The Morgan fingerprint density at radius 3 is 2.59 bits per heavy atom. The van der Waals surface area contributed by atoms with Gasteiger partial charge in [-0.15, -0.1) is 0 Å². The average molecular weight is 233 g/mol. The lowest BCUT2D eigenvalue weighted by Crippen LogP contribution is -2.28. The number of aryl methyl sites for hydroxylation is 1. The molecule has 3 unspecified atom stereocenters. The molecule has 0 amide bonds. The molecule has 1 saturated heterocycles. The van der Waals surface area contributed by atoms with Gasteiger partial charge >= 0.3 is 0 Å². The van der Waals surface area contributed by atoms with E-state index in [0.29, 0.717) is 12.2 Å². The van der Waals surface area contributed by atoms with Gasteiger partial charge in [0, 0.05) is 6.04 Å². The van der Waals surface area contributed by atoms with Crippen LogP contribution in [0.15, 0.2) is 24.3 Å². The van der Waals surface area contributed by atoms with Gasteiger partial charge in [0.15, 0.2) is 0 Å². The first kappa shape index (κ1) is 12.6. The van der Waals surface area contributed by atoms with Crippen LogP contribution in [-0.2, 0) is 11.2 Å². The van der Waals surface area contributed by atoms with Gasteiger partial charge < -0.3 is 10.5 Å². The molecule has 17 heavy (non-hydrogen) atoms. The van der Waals surface area contributed by atoms with Gasteiger partial charge in [-0.2, -0.15) is 0 Å². The Kier molecular flexibility index (Phi) is 4.19. The van der Waals surface area contributed by atoms with E-state index < -0.39 is 0 Å². The molecule has 2 rings (SSSR count). The molecule has 0 aliphatic carbocycles. The highest BCUT2D eigenvalue weighted by Gasteiger charge is 2.23. The third kappa shape index (κ3) is 3.83. The van der Waals surface area contributed by atoms with Gasteiger partial charge in [0.05, 0.1) is 12.2 Å². The Morgan fingerprint density at radius 1 is 1.29 bits per heavy atom. The van der Waals surface area contributed by atoms with Crippen molar-refractivity contribution in [3.63, 3.8) is 0 Å². The van der Waals surface area contributed by atoms with Crippen molar-refractivity contribution in [2.75, 3.05) is 0 Å². The predicted octanol–water partition coefficient (Wildman–Crippen LogP) is 2.82. The molecule has 3 atom stereocenters. The van der Waals surface area contributed by atoms with E-state index in [9.17, 15) is 0 Å². The third-order valence-electron chi connectivity index (χ3n) is 3.50. The second-order valence-corrected chi connectivity index (χ2v) is 5.33. The van der Waals surface area contributed by atoms with E-state index in [1.807, 2.05) is 0 Å². The summed E-state index contributed by atoms with van der Waals surface area (Å²) in [5, 5.41) is 0. The van der Waals surface area contributed by atoms with E-state index in [1.165, 1.54) is 24.0 Å². The van der Waals surface area contributed by atoms with Gasteiger partial charge in [0.2, 0.25) is 0 Å². The molecule has 94 valence electrons. The summed E-state index contributed by atoms with van der Waals surface area (Å²) in [5.74, 6) is 0. The zero-order chi connectivity index (χ0) is 12.3. The van der Waals surface area contributed by atoms with Crippen LogP contribution in [0.1, 0.15) is 37.3 Å². The Labute approximate surface area is 104 Å². The maximum Gasteiger partial charge on any atom is 0.0594 e. The van der Waals surface area contributed by atoms with E-state index in [4.69, 9.17) is 10.5 Å². The lowest BCUT2D eigenvalue weighted by molar-refractivity contribution is 0.0471. The summed E-state index contributed by atoms with van der Waals surface area (Å²) >= 11 is 0. The molecular formula is C15H23NO. The molecule has 1 heterocycles. The number of hydrogen-bond donors (Lipinski definition) is 1. The van der Waals surface area contributed by atoms with Crippen molar-refractivity contribution in [2.24, 2.45) is 5.73 Å². The molecule has 1 aromatic rings. The van der Waals surface area contributed by atoms with Crippen molar-refractivity contribution in [3.8, 4) is 0 Å². The van der Waals surface area contributed by atoms with Gasteiger partial charge in [0.25, 0.3) is 0 Å². The summed E-state index contributed by atoms with van der Waals surface area (Å²) in [6.45, 7) is 4.25. The fraction of sp³-hybridized carbons (Fsp3) is 0.600. The minimum absolute atomic E-state index is 0.216. The van der Waals surface area contributed by atoms with Crippen LogP contribution in [-0.4, -0.2) is 18.2 Å². The first-order valence-electron chi connectivity index (χ1n) is 6.60. The molecule has 1 aromatic carbocycles. The largest absolute Gasteiger partial charge is 0.375 e. The predicted molar refractivity (Wildman–Crippen MR) is 71.0 cm³/mol. The zero-order valence-electron chi connectivity index (χ0n) is 10.9. The summed E-state index contributed by atoms with van der Waals surface area (Å²) in [4.78, 5) is 0. The summed E-state index contributed by atoms with van der Waals surface area (Å²) < 4.78 is 5.81. The number of ether oxygens (including phenoxy) is 1. The SMILES string of the molecule is Cc1ccc(CC(N)CC2CCC(C)O2)cc1. The summed E-state index contributed by atoms with van der Waals surface area (Å²) in [5.41, 5.74) is 8.82. The molecule has 2 N–H and O–H groups in total. The normalized spacial score (nSPS) is 26.1. The average Bonchev–Trinajstić information content (AvgIpc) is 2.67. The second-order valence-electron chi connectivity index (χ2n) is 5.33. The molecule has 1 aliphatic heterocycles. The minimum Gasteiger partial charge on any atom is -0.375 e. The van der Waals surface area contributed by atoms with Crippen molar-refractivity contribution in [2.45, 2.75) is 57.8 Å². The lowest BCUT2D eigenvalue weighted by atomic mass is 9.99. The highest BCUT2D eigenvalue weighted by Crippen LogP contribution is 2.23. The van der Waals surface area contributed by atoms with Crippen molar-refractivity contribution in [3.05, 3.63) is 35.4 Å². The number of benzene rings is 1. The number of rotatable bonds is 4. The van der Waals surface area contributed by atoms with Crippen LogP contribution < -0.4 is 5.73 Å². The monoisotopic (exact) mass is 233 g/mol. The number of hydrogen-bond acceptors (Lipinski definition) is 2. The molecule has 0 bridgehead atoms. The van der Waals surface area contributed by atoms with E-state index in [1.54, 1.807) is 0 Å². The van der Waals surface area contributed by atoms with Crippen LogP contribution in [0.5, 0.6) is 0 Å². The standard InChI is InChI=1S/C15H23NO/c1-11-3-6-13(7-4-11)9-14(16)10-15-8-5-12(2)17-15/h3-4,6-7,12,14-15H,5,8-10,16H2,1-2H3. The Hall–Kier alpha value is -0.860. The minimum atomic E-state index is 0.216. The molecule has 0 radical (unpaired) electrons. The Balaban J connectivity index is 1.80. The number of nitrogens with two attached hydrogens (primary N) is 1. The van der Waals surface area contributed by atoms with Crippen LogP contribution in [0, 0.1) is 6.92 Å². The Morgan fingerprint density at radius 2 is 2.00 bits per heavy atom. The molecule has 2 heteroatoms. The van der Waals surface area contributed by atoms with Crippen LogP contribution in [0.25, 0.3) is 0 Å². The quantitative estimate of drug-likeness (QED) is 0.868. The topological polar surface area (TPSA) is 35.2 Å². The van der Waals surface area contributed by atoms with Gasteiger partial charge in [-0.1, -0.05) is 29.8 Å². The van der Waals surface area contributed by atoms with E-state index >= 15 is 0 Å².